The molecule has 0 aromatic heterocycles. The van der Waals surface area contributed by atoms with Crippen molar-refractivity contribution < 1.29 is 74.2 Å². The molecule has 2 rings (SSSR count). The molecular formula is C29H41N2NaO9. The van der Waals surface area contributed by atoms with Crippen molar-refractivity contribution in [1.82, 2.24) is 5.32 Å². The van der Waals surface area contributed by atoms with E-state index in [1.807, 2.05) is 6.92 Å². The number of hydrogen-bond donors (Lipinski definition) is 3. The van der Waals surface area contributed by atoms with E-state index in [9.17, 15) is 24.3 Å². The Labute approximate surface area is 264 Å². The molecule has 0 spiro atoms. The van der Waals surface area contributed by atoms with Crippen molar-refractivity contribution in [3.05, 3.63) is 58.6 Å². The van der Waals surface area contributed by atoms with Gasteiger partial charge in [-0.3, -0.25) is 14.4 Å². The maximum absolute atomic E-state index is 13.3. The van der Waals surface area contributed by atoms with Crippen LogP contribution in [-0.4, -0.2) is 74.4 Å². The molecule has 2 bridgehead atoms. The Kier molecular flexibility index (Phi) is 14.9. The predicted octanol–water partition coefficient (Wildman–Crippen LogP) is -0.475. The van der Waals surface area contributed by atoms with Gasteiger partial charge in [0.05, 0.1) is 25.0 Å². The molecule has 41 heavy (non-hydrogen) atoms. The molecule has 2 amide bonds. The fourth-order valence-corrected chi connectivity index (χ4v) is 4.78. The number of amides is 2. The first-order valence-electron chi connectivity index (χ1n) is 13.0. The van der Waals surface area contributed by atoms with E-state index >= 15 is 0 Å². The molecule has 0 aromatic carbocycles. The van der Waals surface area contributed by atoms with Gasteiger partial charge in [-0.1, -0.05) is 38.2 Å². The SMILES string of the molecule is COC1=C2C[C@@H](C)C[C@H](OC)[C@H](O)[C@@H](C)/C=C(\C)[C@H](OC(N)=O)[C@@H](OC)/C=C\C=C(/C)C(=O)NC(=CC1=O)C2=O.[H-].[Na+]. The molecule has 0 unspecified atom stereocenters. The summed E-state index contributed by atoms with van der Waals surface area (Å²) in [6.45, 7) is 6.92. The number of ketones is 2. The fourth-order valence-electron chi connectivity index (χ4n) is 4.78. The number of allylic oxidation sites excluding steroid dienone is 4. The van der Waals surface area contributed by atoms with Crippen molar-refractivity contribution >= 4 is 23.6 Å². The summed E-state index contributed by atoms with van der Waals surface area (Å²) in [6.07, 6.45) is 3.61. The minimum absolute atomic E-state index is 0. The van der Waals surface area contributed by atoms with Crippen LogP contribution >= 0.6 is 0 Å². The first kappa shape index (κ1) is 36.5. The summed E-state index contributed by atoms with van der Waals surface area (Å²) in [5, 5.41) is 13.7. The Hall–Kier alpha value is -2.54. The maximum atomic E-state index is 13.3. The van der Waals surface area contributed by atoms with Crippen LogP contribution in [0.5, 0.6) is 0 Å². The average Bonchev–Trinajstić information content (AvgIpc) is 2.90. The number of carbonyl (C=O) groups is 4. The first-order chi connectivity index (χ1) is 18.8. The smallest absolute Gasteiger partial charge is 1.00 e. The number of primary amides is 1. The van der Waals surface area contributed by atoms with Crippen LogP contribution in [0, 0.1) is 11.8 Å². The van der Waals surface area contributed by atoms with E-state index in [0.29, 0.717) is 12.0 Å². The second-order valence-corrected chi connectivity index (χ2v) is 10.1. The van der Waals surface area contributed by atoms with Gasteiger partial charge in [0.25, 0.3) is 5.91 Å². The number of carbonyl (C=O) groups excluding carboxylic acids is 4. The van der Waals surface area contributed by atoms with Gasteiger partial charge in [0.15, 0.2) is 11.9 Å². The molecule has 0 saturated heterocycles. The number of methoxy groups -OCH3 is 3. The quantitative estimate of drug-likeness (QED) is 0.225. The predicted molar refractivity (Wildman–Crippen MR) is 148 cm³/mol. The van der Waals surface area contributed by atoms with E-state index in [1.54, 1.807) is 32.1 Å². The van der Waals surface area contributed by atoms with Crippen molar-refractivity contribution in [2.24, 2.45) is 17.6 Å². The molecule has 222 valence electrons. The number of Topliss-reactive ketones (excluding diaryl/α,β-unsaturated/α-hetero) is 1. The van der Waals surface area contributed by atoms with E-state index in [2.05, 4.69) is 5.32 Å². The topological polar surface area (TPSA) is 163 Å². The van der Waals surface area contributed by atoms with Gasteiger partial charge < -0.3 is 36.5 Å². The molecule has 0 aromatic rings. The Morgan fingerprint density at radius 2 is 1.78 bits per heavy atom. The zero-order valence-corrected chi connectivity index (χ0v) is 27.1. The summed E-state index contributed by atoms with van der Waals surface area (Å²) < 4.78 is 21.7. The number of rotatable bonds is 4. The summed E-state index contributed by atoms with van der Waals surface area (Å²) in [5.41, 5.74) is 6.12. The number of aliphatic hydroxyl groups excluding tert-OH is 1. The molecule has 11 nitrogen and oxygen atoms in total. The van der Waals surface area contributed by atoms with Crippen LogP contribution in [0.25, 0.3) is 0 Å². The number of nitrogens with two attached hydrogens (primary N) is 1. The molecule has 1 heterocycles. The van der Waals surface area contributed by atoms with E-state index in [1.165, 1.54) is 34.3 Å². The normalized spacial score (nSPS) is 31.9. The van der Waals surface area contributed by atoms with Crippen LogP contribution in [0.3, 0.4) is 0 Å². The molecule has 2 aliphatic rings. The van der Waals surface area contributed by atoms with Gasteiger partial charge in [-0.25, -0.2) is 4.79 Å². The minimum Gasteiger partial charge on any atom is -1.00 e. The summed E-state index contributed by atoms with van der Waals surface area (Å²) in [7, 11) is 4.21. The van der Waals surface area contributed by atoms with E-state index < -0.39 is 53.9 Å². The number of aliphatic hydroxyl groups is 1. The number of ether oxygens (including phenoxy) is 4. The molecule has 0 fully saturated rings. The van der Waals surface area contributed by atoms with Gasteiger partial charge in [0.2, 0.25) is 11.6 Å². The Balaban J connectivity index is 0.00000840. The third kappa shape index (κ3) is 9.76. The third-order valence-electron chi connectivity index (χ3n) is 6.95. The molecular weight excluding hydrogens is 543 g/mol. The molecule has 0 radical (unpaired) electrons. The Bertz CT molecular complexity index is 1160. The monoisotopic (exact) mass is 584 g/mol. The van der Waals surface area contributed by atoms with Crippen LogP contribution in [0.2, 0.25) is 0 Å². The second-order valence-electron chi connectivity index (χ2n) is 10.1. The maximum Gasteiger partial charge on any atom is 1.00 e. The van der Waals surface area contributed by atoms with Gasteiger partial charge in [0.1, 0.15) is 6.10 Å². The van der Waals surface area contributed by atoms with Gasteiger partial charge in [-0.05, 0) is 38.2 Å². The molecule has 4 N–H and O–H groups in total. The zero-order chi connectivity index (χ0) is 30.1. The molecule has 6 atom stereocenters. The standard InChI is InChI=1S/C29H40N2O9.Na.H/c1-15-11-19-25(34)20(14-21(32)27(19)39-7)31-28(35)16(2)9-8-10-22(37-5)26(40-29(30)36)18(4)13-17(3)24(33)23(12-15)38-6;;/h8-10,13-15,17,22-24,26,33H,11-12H2,1-7H3,(H2,30,36)(H,31,35);;/q;+1;-1/b10-8-,16-9+,18-13+;;/t15-,17+,22+,23+,24-,26+;;/m1../s1. The summed E-state index contributed by atoms with van der Waals surface area (Å²) in [5.74, 6) is -2.39. The van der Waals surface area contributed by atoms with Crippen molar-refractivity contribution in [3.63, 3.8) is 0 Å². The van der Waals surface area contributed by atoms with Gasteiger partial charge in [-0.2, -0.15) is 0 Å². The molecule has 0 saturated carbocycles. The summed E-state index contributed by atoms with van der Waals surface area (Å²) in [6, 6.07) is 0. The molecule has 1 aliphatic carbocycles. The largest absolute Gasteiger partial charge is 1.00 e. The fraction of sp³-hybridized carbons (Fsp3) is 0.517. The molecule has 1 aliphatic heterocycles. The summed E-state index contributed by atoms with van der Waals surface area (Å²) >= 11 is 0. The zero-order valence-electron chi connectivity index (χ0n) is 26.1. The van der Waals surface area contributed by atoms with Crippen LogP contribution < -0.4 is 40.6 Å². The second kappa shape index (κ2) is 16.8. The number of hydrogen-bond acceptors (Lipinski definition) is 9. The van der Waals surface area contributed by atoms with Gasteiger partial charge in [-0.15, -0.1) is 0 Å². The van der Waals surface area contributed by atoms with E-state index in [0.717, 1.165) is 6.08 Å². The van der Waals surface area contributed by atoms with Crippen molar-refractivity contribution in [1.29, 1.82) is 0 Å². The summed E-state index contributed by atoms with van der Waals surface area (Å²) in [4.78, 5) is 50.6. The van der Waals surface area contributed by atoms with Gasteiger partial charge >= 0.3 is 35.7 Å². The number of nitrogens with one attached hydrogen (secondary N) is 1. The van der Waals surface area contributed by atoms with Crippen molar-refractivity contribution in [2.75, 3.05) is 21.3 Å². The molecule has 12 heteroatoms. The van der Waals surface area contributed by atoms with Crippen molar-refractivity contribution in [3.8, 4) is 0 Å². The van der Waals surface area contributed by atoms with E-state index in [-0.39, 0.29) is 65.9 Å². The number of fused-ring (bicyclic) bond motifs is 2. The Morgan fingerprint density at radius 1 is 1.12 bits per heavy atom. The average molecular weight is 585 g/mol. The van der Waals surface area contributed by atoms with Crippen molar-refractivity contribution in [2.45, 2.75) is 65.0 Å². The third-order valence-corrected chi connectivity index (χ3v) is 6.95. The van der Waals surface area contributed by atoms with Crippen LogP contribution in [0.4, 0.5) is 4.79 Å². The van der Waals surface area contributed by atoms with E-state index in [4.69, 9.17) is 24.7 Å². The van der Waals surface area contributed by atoms with Crippen LogP contribution in [0.15, 0.2) is 58.6 Å². The van der Waals surface area contributed by atoms with Crippen LogP contribution in [-0.2, 0) is 33.3 Å². The minimum atomic E-state index is -1.00. The van der Waals surface area contributed by atoms with Gasteiger partial charge in [0, 0.05) is 37.4 Å². The van der Waals surface area contributed by atoms with Crippen LogP contribution in [0.1, 0.15) is 42.0 Å². The first-order valence-corrected chi connectivity index (χ1v) is 13.0. The Morgan fingerprint density at radius 3 is 2.34 bits per heavy atom.